The zero-order valence-corrected chi connectivity index (χ0v) is 10.8. The van der Waals surface area contributed by atoms with Crippen LogP contribution >= 0.6 is 0 Å². The predicted molar refractivity (Wildman–Crippen MR) is 67.1 cm³/mol. The molecule has 1 amide bonds. The Labute approximate surface area is 114 Å². The third kappa shape index (κ3) is 4.83. The molecule has 110 valence electrons. The van der Waals surface area contributed by atoms with E-state index in [-0.39, 0.29) is 5.56 Å². The van der Waals surface area contributed by atoms with E-state index in [4.69, 9.17) is 9.84 Å². The number of halogens is 2. The van der Waals surface area contributed by atoms with Crippen LogP contribution in [-0.4, -0.2) is 36.1 Å². The molecular formula is C13H15F2NO4. The number of alkyl halides is 2. The largest absolute Gasteiger partial charge is 0.494 e. The Morgan fingerprint density at radius 2 is 1.90 bits per heavy atom. The Balaban J connectivity index is 2.70. The number of carboxylic acids is 1. The Kier molecular flexibility index (Phi) is 5.89. The molecule has 0 aliphatic carbocycles. The fourth-order valence-electron chi connectivity index (χ4n) is 1.51. The van der Waals surface area contributed by atoms with Crippen LogP contribution in [0.4, 0.5) is 8.78 Å². The van der Waals surface area contributed by atoms with E-state index in [0.29, 0.717) is 12.4 Å². The van der Waals surface area contributed by atoms with Crippen LogP contribution in [0.1, 0.15) is 23.7 Å². The van der Waals surface area contributed by atoms with Crippen molar-refractivity contribution in [1.82, 2.24) is 5.32 Å². The van der Waals surface area contributed by atoms with Gasteiger partial charge in [0.15, 0.2) is 0 Å². The maximum absolute atomic E-state index is 12.2. The number of carbonyl (C=O) groups is 2. The van der Waals surface area contributed by atoms with Crippen molar-refractivity contribution < 1.29 is 28.2 Å². The Hall–Kier alpha value is -2.18. The number of ether oxygens (including phenoxy) is 1. The van der Waals surface area contributed by atoms with Gasteiger partial charge < -0.3 is 15.2 Å². The van der Waals surface area contributed by atoms with Crippen molar-refractivity contribution in [3.8, 4) is 5.75 Å². The van der Waals surface area contributed by atoms with Crippen LogP contribution in [0.5, 0.6) is 5.75 Å². The van der Waals surface area contributed by atoms with Crippen LogP contribution in [0.3, 0.4) is 0 Å². The van der Waals surface area contributed by atoms with Gasteiger partial charge in [-0.3, -0.25) is 4.79 Å². The number of hydrogen-bond acceptors (Lipinski definition) is 3. The van der Waals surface area contributed by atoms with Crippen LogP contribution in [0.15, 0.2) is 24.3 Å². The summed E-state index contributed by atoms with van der Waals surface area (Å²) in [6.45, 7) is 2.28. The molecule has 0 spiro atoms. The van der Waals surface area contributed by atoms with Crippen LogP contribution in [0, 0.1) is 0 Å². The highest BCUT2D eigenvalue weighted by Gasteiger charge is 2.24. The third-order valence-electron chi connectivity index (χ3n) is 2.44. The Morgan fingerprint density at radius 3 is 2.35 bits per heavy atom. The highest BCUT2D eigenvalue weighted by atomic mass is 19.3. The van der Waals surface area contributed by atoms with Gasteiger partial charge in [0.2, 0.25) is 6.43 Å². The summed E-state index contributed by atoms with van der Waals surface area (Å²) in [7, 11) is 0. The first-order valence-corrected chi connectivity index (χ1v) is 5.98. The molecule has 5 nitrogen and oxygen atoms in total. The molecule has 1 unspecified atom stereocenters. The average Bonchev–Trinajstić information content (AvgIpc) is 2.38. The van der Waals surface area contributed by atoms with E-state index >= 15 is 0 Å². The zero-order chi connectivity index (χ0) is 15.1. The molecule has 1 aromatic rings. The number of nitrogens with one attached hydrogen (secondary N) is 1. The molecule has 7 heteroatoms. The van der Waals surface area contributed by atoms with Gasteiger partial charge in [0.05, 0.1) is 6.61 Å². The van der Waals surface area contributed by atoms with Gasteiger partial charge in [-0.1, -0.05) is 0 Å². The van der Waals surface area contributed by atoms with Crippen LogP contribution in [0.2, 0.25) is 0 Å². The van der Waals surface area contributed by atoms with E-state index in [1.165, 1.54) is 12.1 Å². The molecular weight excluding hydrogens is 272 g/mol. The molecule has 1 rings (SSSR count). The molecule has 0 aliphatic heterocycles. The summed E-state index contributed by atoms with van der Waals surface area (Å²) in [6, 6.07) is 4.33. The zero-order valence-electron chi connectivity index (χ0n) is 10.8. The van der Waals surface area contributed by atoms with Gasteiger partial charge in [-0.25, -0.2) is 13.6 Å². The predicted octanol–water partition coefficient (Wildman–Crippen LogP) is 1.92. The van der Waals surface area contributed by atoms with Crippen molar-refractivity contribution in [3.63, 3.8) is 0 Å². The first-order chi connectivity index (χ1) is 9.43. The Morgan fingerprint density at radius 1 is 1.30 bits per heavy atom. The molecule has 20 heavy (non-hydrogen) atoms. The summed E-state index contributed by atoms with van der Waals surface area (Å²) in [5.74, 6) is -1.66. The fraction of sp³-hybridized carbons (Fsp3) is 0.385. The molecule has 0 saturated carbocycles. The standard InChI is InChI=1S/C13H15F2NO4/c1-2-20-9-5-3-8(4-6-9)12(17)16-10(13(18)19)7-11(14)15/h3-6,10-11H,2,7H2,1H3,(H,16,17)(H,18,19). The second kappa shape index (κ2) is 7.42. The molecule has 0 heterocycles. The maximum Gasteiger partial charge on any atom is 0.326 e. The second-order valence-electron chi connectivity index (χ2n) is 3.95. The number of carboxylic acid groups (broad SMARTS) is 1. The molecule has 0 aliphatic rings. The summed E-state index contributed by atoms with van der Waals surface area (Å²) < 4.78 is 29.6. The van der Waals surface area contributed by atoms with Crippen LogP contribution < -0.4 is 10.1 Å². The van der Waals surface area contributed by atoms with E-state index in [2.05, 4.69) is 5.32 Å². The number of hydrogen-bond donors (Lipinski definition) is 2. The van der Waals surface area contributed by atoms with Gasteiger partial charge in [0, 0.05) is 12.0 Å². The van der Waals surface area contributed by atoms with E-state index in [0.717, 1.165) is 0 Å². The van der Waals surface area contributed by atoms with E-state index in [1.54, 1.807) is 12.1 Å². The van der Waals surface area contributed by atoms with Crippen molar-refractivity contribution in [2.24, 2.45) is 0 Å². The van der Waals surface area contributed by atoms with E-state index in [1.807, 2.05) is 6.92 Å². The molecule has 2 N–H and O–H groups in total. The van der Waals surface area contributed by atoms with Crippen LogP contribution in [0.25, 0.3) is 0 Å². The van der Waals surface area contributed by atoms with Gasteiger partial charge in [-0.2, -0.15) is 0 Å². The number of amides is 1. The van der Waals surface area contributed by atoms with Crippen molar-refractivity contribution in [3.05, 3.63) is 29.8 Å². The normalized spacial score (nSPS) is 12.0. The van der Waals surface area contributed by atoms with Crippen molar-refractivity contribution in [1.29, 1.82) is 0 Å². The lowest BCUT2D eigenvalue weighted by molar-refractivity contribution is -0.140. The van der Waals surface area contributed by atoms with Crippen molar-refractivity contribution in [2.75, 3.05) is 6.61 Å². The smallest absolute Gasteiger partial charge is 0.326 e. The van der Waals surface area contributed by atoms with Crippen LogP contribution in [-0.2, 0) is 4.79 Å². The summed E-state index contributed by atoms with van der Waals surface area (Å²) in [4.78, 5) is 22.5. The molecule has 0 fully saturated rings. The lowest BCUT2D eigenvalue weighted by Crippen LogP contribution is -2.42. The molecule has 0 bridgehead atoms. The highest BCUT2D eigenvalue weighted by Crippen LogP contribution is 2.12. The maximum atomic E-state index is 12.2. The van der Waals surface area contributed by atoms with Gasteiger partial charge in [-0.05, 0) is 31.2 Å². The molecule has 0 saturated heterocycles. The summed E-state index contributed by atoms with van der Waals surface area (Å²) in [6.07, 6.45) is -3.74. The lowest BCUT2D eigenvalue weighted by atomic mass is 10.1. The van der Waals surface area contributed by atoms with Gasteiger partial charge >= 0.3 is 5.97 Å². The molecule has 1 aromatic carbocycles. The number of aliphatic carboxylic acids is 1. The van der Waals surface area contributed by atoms with Crippen molar-refractivity contribution in [2.45, 2.75) is 25.8 Å². The number of rotatable bonds is 7. The van der Waals surface area contributed by atoms with Gasteiger partial charge in [0.1, 0.15) is 11.8 Å². The highest BCUT2D eigenvalue weighted by molar-refractivity contribution is 5.96. The summed E-state index contributed by atoms with van der Waals surface area (Å²) in [5, 5.41) is 10.8. The fourth-order valence-corrected chi connectivity index (χ4v) is 1.51. The second-order valence-corrected chi connectivity index (χ2v) is 3.95. The third-order valence-corrected chi connectivity index (χ3v) is 2.44. The summed E-state index contributed by atoms with van der Waals surface area (Å²) >= 11 is 0. The first-order valence-electron chi connectivity index (χ1n) is 5.98. The van der Waals surface area contributed by atoms with Crippen molar-refractivity contribution >= 4 is 11.9 Å². The Bertz CT molecular complexity index is 462. The average molecular weight is 287 g/mol. The SMILES string of the molecule is CCOc1ccc(C(=O)NC(CC(F)F)C(=O)O)cc1. The minimum Gasteiger partial charge on any atom is -0.494 e. The number of benzene rings is 1. The van der Waals surface area contributed by atoms with Gasteiger partial charge in [-0.15, -0.1) is 0 Å². The van der Waals surface area contributed by atoms with Gasteiger partial charge in [0.25, 0.3) is 5.91 Å². The molecule has 0 radical (unpaired) electrons. The first kappa shape index (κ1) is 15.9. The quantitative estimate of drug-likeness (QED) is 0.803. The van der Waals surface area contributed by atoms with E-state index < -0.39 is 30.8 Å². The topological polar surface area (TPSA) is 75.6 Å². The lowest BCUT2D eigenvalue weighted by Gasteiger charge is -2.14. The van der Waals surface area contributed by atoms with E-state index in [9.17, 15) is 18.4 Å². The monoisotopic (exact) mass is 287 g/mol. The molecule has 0 aromatic heterocycles. The number of carbonyl (C=O) groups excluding carboxylic acids is 1. The summed E-state index contributed by atoms with van der Waals surface area (Å²) in [5.41, 5.74) is 0.175. The molecule has 1 atom stereocenters. The minimum absolute atomic E-state index is 0.175. The minimum atomic E-state index is -2.81.